The van der Waals surface area contributed by atoms with E-state index in [4.69, 9.17) is 4.42 Å². The molecule has 0 spiro atoms. The maximum absolute atomic E-state index is 5.71. The molecule has 0 bridgehead atoms. The van der Waals surface area contributed by atoms with E-state index in [1.165, 1.54) is 0 Å². The molecule has 1 aliphatic heterocycles. The second kappa shape index (κ2) is 4.60. The van der Waals surface area contributed by atoms with Gasteiger partial charge >= 0.3 is 0 Å². The molecule has 1 aromatic rings. The molecule has 3 atom stereocenters. The minimum atomic E-state index is 0.507. The van der Waals surface area contributed by atoms with Crippen LogP contribution in [0.3, 0.4) is 0 Å². The topological polar surface area (TPSA) is 25.2 Å². The largest absolute Gasteiger partial charge is 0.453 e. The molecule has 0 radical (unpaired) electrons. The number of halogens is 2. The Kier molecular flexibility index (Phi) is 3.58. The highest BCUT2D eigenvalue weighted by atomic mass is 79.9. The van der Waals surface area contributed by atoms with E-state index in [9.17, 15) is 0 Å². The normalized spacial score (nSPS) is 31.1. The molecule has 2 nitrogen and oxygen atoms in total. The lowest BCUT2D eigenvalue weighted by molar-refractivity contribution is 0.412. The highest BCUT2D eigenvalue weighted by Gasteiger charge is 2.33. The first-order chi connectivity index (χ1) is 7.11. The lowest BCUT2D eigenvalue weighted by Crippen LogP contribution is -2.28. The van der Waals surface area contributed by atoms with Crippen molar-refractivity contribution in [3.63, 3.8) is 0 Å². The standard InChI is InChI=1S/C11H15Br2NO/c1-3-9-7(4-6(2)14-9)10-5-8(12)11(13)15-10/h5-7,9,14H,3-4H2,1-2H3. The van der Waals surface area contributed by atoms with Gasteiger partial charge in [-0.2, -0.15) is 0 Å². The molecule has 1 fully saturated rings. The highest BCUT2D eigenvalue weighted by molar-refractivity contribution is 9.13. The van der Waals surface area contributed by atoms with E-state index in [2.05, 4.69) is 57.1 Å². The van der Waals surface area contributed by atoms with E-state index >= 15 is 0 Å². The predicted octanol–water partition coefficient (Wildman–Crippen LogP) is 4.05. The van der Waals surface area contributed by atoms with Crippen molar-refractivity contribution in [3.8, 4) is 0 Å². The summed E-state index contributed by atoms with van der Waals surface area (Å²) in [5, 5.41) is 3.59. The van der Waals surface area contributed by atoms with Crippen LogP contribution >= 0.6 is 31.9 Å². The minimum absolute atomic E-state index is 0.507. The molecular weight excluding hydrogens is 322 g/mol. The van der Waals surface area contributed by atoms with E-state index < -0.39 is 0 Å². The third-order valence-electron chi connectivity index (χ3n) is 3.06. The van der Waals surface area contributed by atoms with Crippen molar-refractivity contribution in [3.05, 3.63) is 21.0 Å². The molecule has 1 saturated heterocycles. The lowest BCUT2D eigenvalue weighted by atomic mass is 9.95. The molecule has 3 unspecified atom stereocenters. The summed E-state index contributed by atoms with van der Waals surface area (Å²) in [5.41, 5.74) is 0. The third-order valence-corrected chi connectivity index (χ3v) is 4.77. The van der Waals surface area contributed by atoms with Gasteiger partial charge in [0.25, 0.3) is 0 Å². The van der Waals surface area contributed by atoms with Crippen LogP contribution in [0.1, 0.15) is 38.4 Å². The summed E-state index contributed by atoms with van der Waals surface area (Å²) < 4.78 is 7.51. The van der Waals surface area contributed by atoms with Crippen molar-refractivity contribution in [2.45, 2.75) is 44.7 Å². The molecule has 0 aliphatic carbocycles. The molecule has 2 heterocycles. The van der Waals surface area contributed by atoms with Gasteiger partial charge in [-0.15, -0.1) is 0 Å². The second-order valence-corrected chi connectivity index (χ2v) is 5.77. The molecule has 15 heavy (non-hydrogen) atoms. The third kappa shape index (κ3) is 2.32. The zero-order chi connectivity index (χ0) is 11.0. The minimum Gasteiger partial charge on any atom is -0.453 e. The van der Waals surface area contributed by atoms with E-state index in [0.29, 0.717) is 18.0 Å². The summed E-state index contributed by atoms with van der Waals surface area (Å²) in [5.74, 6) is 1.59. The maximum Gasteiger partial charge on any atom is 0.183 e. The first-order valence-electron chi connectivity index (χ1n) is 5.32. The molecule has 84 valence electrons. The predicted molar refractivity (Wildman–Crippen MR) is 68.1 cm³/mol. The van der Waals surface area contributed by atoms with Gasteiger partial charge in [-0.3, -0.25) is 0 Å². The van der Waals surface area contributed by atoms with Crippen molar-refractivity contribution in [1.29, 1.82) is 0 Å². The molecule has 0 saturated carbocycles. The summed E-state index contributed by atoms with van der Waals surface area (Å²) in [6.45, 7) is 4.45. The van der Waals surface area contributed by atoms with E-state index in [0.717, 1.165) is 27.7 Å². The molecule has 4 heteroatoms. The lowest BCUT2D eigenvalue weighted by Gasteiger charge is -2.14. The molecule has 1 aromatic heterocycles. The van der Waals surface area contributed by atoms with Crippen molar-refractivity contribution in [2.75, 3.05) is 0 Å². The van der Waals surface area contributed by atoms with Crippen LogP contribution in [0.15, 0.2) is 19.6 Å². The molecule has 1 N–H and O–H groups in total. The van der Waals surface area contributed by atoms with Gasteiger partial charge in [0.15, 0.2) is 4.67 Å². The zero-order valence-electron chi connectivity index (χ0n) is 8.89. The van der Waals surface area contributed by atoms with Crippen LogP contribution in [-0.2, 0) is 0 Å². The van der Waals surface area contributed by atoms with Crippen LogP contribution in [-0.4, -0.2) is 12.1 Å². The van der Waals surface area contributed by atoms with Crippen molar-refractivity contribution < 1.29 is 4.42 Å². The van der Waals surface area contributed by atoms with Crippen LogP contribution in [0.25, 0.3) is 0 Å². The van der Waals surface area contributed by atoms with Crippen molar-refractivity contribution in [1.82, 2.24) is 5.32 Å². The quantitative estimate of drug-likeness (QED) is 0.881. The molecule has 0 amide bonds. The second-order valence-electron chi connectivity index (χ2n) is 4.20. The Labute approximate surface area is 107 Å². The van der Waals surface area contributed by atoms with Crippen molar-refractivity contribution >= 4 is 31.9 Å². The van der Waals surface area contributed by atoms with Gasteiger partial charge in [0.1, 0.15) is 5.76 Å². The Balaban J connectivity index is 2.22. The van der Waals surface area contributed by atoms with E-state index in [1.807, 2.05) is 0 Å². The van der Waals surface area contributed by atoms with Crippen LogP contribution in [0.2, 0.25) is 0 Å². The molecule has 2 rings (SSSR count). The van der Waals surface area contributed by atoms with Crippen molar-refractivity contribution in [2.24, 2.45) is 0 Å². The Hall–Kier alpha value is 0.200. The SMILES string of the molecule is CCC1NC(C)CC1c1cc(Br)c(Br)o1. The van der Waals surface area contributed by atoms with Gasteiger partial charge in [0.05, 0.1) is 4.47 Å². The Morgan fingerprint density at radius 1 is 1.53 bits per heavy atom. The smallest absolute Gasteiger partial charge is 0.183 e. The number of rotatable bonds is 2. The van der Waals surface area contributed by atoms with Gasteiger partial charge in [0.2, 0.25) is 0 Å². The van der Waals surface area contributed by atoms with Gasteiger partial charge in [0, 0.05) is 18.0 Å². The van der Waals surface area contributed by atoms with Gasteiger partial charge in [-0.1, -0.05) is 6.92 Å². The van der Waals surface area contributed by atoms with Crippen LogP contribution in [0.5, 0.6) is 0 Å². The number of furan rings is 1. The highest BCUT2D eigenvalue weighted by Crippen LogP contribution is 2.37. The monoisotopic (exact) mass is 335 g/mol. The summed E-state index contributed by atoms with van der Waals surface area (Å²) in [6, 6.07) is 3.21. The van der Waals surface area contributed by atoms with Gasteiger partial charge in [-0.25, -0.2) is 0 Å². The fourth-order valence-corrected chi connectivity index (χ4v) is 2.97. The fraction of sp³-hybridized carbons (Fsp3) is 0.636. The van der Waals surface area contributed by atoms with Crippen LogP contribution in [0, 0.1) is 0 Å². The summed E-state index contributed by atoms with van der Waals surface area (Å²) in [4.78, 5) is 0. The summed E-state index contributed by atoms with van der Waals surface area (Å²) in [6.07, 6.45) is 2.30. The Morgan fingerprint density at radius 2 is 2.27 bits per heavy atom. The van der Waals surface area contributed by atoms with Gasteiger partial charge in [-0.05, 0) is 57.7 Å². The number of nitrogens with one attached hydrogen (secondary N) is 1. The fourth-order valence-electron chi connectivity index (χ4n) is 2.36. The molecular formula is C11H15Br2NO. The summed E-state index contributed by atoms with van der Waals surface area (Å²) in [7, 11) is 0. The molecule has 0 aromatic carbocycles. The maximum atomic E-state index is 5.71. The number of hydrogen-bond acceptors (Lipinski definition) is 2. The Bertz CT molecular complexity index is 331. The zero-order valence-corrected chi connectivity index (χ0v) is 12.1. The summed E-state index contributed by atoms with van der Waals surface area (Å²) >= 11 is 6.85. The van der Waals surface area contributed by atoms with Crippen LogP contribution in [0.4, 0.5) is 0 Å². The van der Waals surface area contributed by atoms with Crippen LogP contribution < -0.4 is 5.32 Å². The Morgan fingerprint density at radius 3 is 2.80 bits per heavy atom. The average Bonchev–Trinajstić information content (AvgIpc) is 2.71. The average molecular weight is 337 g/mol. The first-order valence-corrected chi connectivity index (χ1v) is 6.91. The van der Waals surface area contributed by atoms with Gasteiger partial charge < -0.3 is 9.73 Å². The van der Waals surface area contributed by atoms with E-state index in [-0.39, 0.29) is 0 Å². The number of hydrogen-bond donors (Lipinski definition) is 1. The first kappa shape index (κ1) is 11.7. The van der Waals surface area contributed by atoms with E-state index in [1.54, 1.807) is 0 Å². The molecule has 1 aliphatic rings.